The van der Waals surface area contributed by atoms with Crippen LogP contribution in [0.1, 0.15) is 24.3 Å². The van der Waals surface area contributed by atoms with Crippen LogP contribution in [-0.4, -0.2) is 55.9 Å². The molecule has 0 saturated carbocycles. The summed E-state index contributed by atoms with van der Waals surface area (Å²) in [5, 5.41) is 3.70. The number of aryl methyl sites for hydroxylation is 2. The van der Waals surface area contributed by atoms with E-state index in [0.29, 0.717) is 37.4 Å². The molecule has 8 heteroatoms. The molecule has 1 amide bonds. The predicted molar refractivity (Wildman–Crippen MR) is 76.2 cm³/mol. The van der Waals surface area contributed by atoms with Crippen molar-refractivity contribution in [2.24, 2.45) is 5.92 Å². The van der Waals surface area contributed by atoms with Crippen LogP contribution < -0.4 is 0 Å². The van der Waals surface area contributed by atoms with Gasteiger partial charge in [0.15, 0.2) is 5.76 Å². The molecule has 1 aromatic heterocycles. The summed E-state index contributed by atoms with van der Waals surface area (Å²) in [6, 6.07) is 0. The van der Waals surface area contributed by atoms with Crippen molar-refractivity contribution in [1.82, 2.24) is 14.4 Å². The van der Waals surface area contributed by atoms with Gasteiger partial charge < -0.3 is 9.42 Å². The van der Waals surface area contributed by atoms with Gasteiger partial charge in [-0.25, -0.2) is 8.42 Å². The zero-order valence-corrected chi connectivity index (χ0v) is 13.6. The summed E-state index contributed by atoms with van der Waals surface area (Å²) < 4.78 is 31.6. The summed E-state index contributed by atoms with van der Waals surface area (Å²) in [5.74, 6) is 0.263. The first kappa shape index (κ1) is 16.0. The second kappa shape index (κ2) is 5.76. The molecule has 0 atom stereocenters. The maximum Gasteiger partial charge on any atom is 0.248 e. The molecule has 0 N–H and O–H groups in total. The van der Waals surface area contributed by atoms with E-state index in [2.05, 4.69) is 5.16 Å². The minimum atomic E-state index is -3.60. The highest BCUT2D eigenvalue weighted by molar-refractivity contribution is 7.89. The zero-order chi connectivity index (χ0) is 15.8. The van der Waals surface area contributed by atoms with Gasteiger partial charge in [0.2, 0.25) is 15.9 Å². The number of sulfonamides is 1. The Balaban J connectivity index is 2.14. The van der Waals surface area contributed by atoms with Crippen LogP contribution >= 0.6 is 0 Å². The smallest absolute Gasteiger partial charge is 0.248 e. The lowest BCUT2D eigenvalue weighted by Gasteiger charge is -2.31. The molecule has 21 heavy (non-hydrogen) atoms. The van der Waals surface area contributed by atoms with Gasteiger partial charge in [0.05, 0.1) is 0 Å². The Morgan fingerprint density at radius 1 is 1.29 bits per heavy atom. The monoisotopic (exact) mass is 315 g/mol. The molecular weight excluding hydrogens is 294 g/mol. The van der Waals surface area contributed by atoms with Crippen LogP contribution in [0.25, 0.3) is 0 Å². The first-order chi connectivity index (χ1) is 9.75. The molecule has 1 aliphatic heterocycles. The van der Waals surface area contributed by atoms with Gasteiger partial charge in [-0.05, 0) is 26.7 Å². The predicted octanol–water partition coefficient (Wildman–Crippen LogP) is 0.780. The fourth-order valence-electron chi connectivity index (χ4n) is 2.68. The second-order valence-corrected chi connectivity index (χ2v) is 7.44. The number of piperidine rings is 1. The lowest BCUT2D eigenvalue weighted by molar-refractivity contribution is -0.134. The molecule has 118 valence electrons. The molecule has 1 saturated heterocycles. The van der Waals surface area contributed by atoms with E-state index in [-0.39, 0.29) is 16.7 Å². The Bertz CT molecular complexity index is 608. The summed E-state index contributed by atoms with van der Waals surface area (Å²) in [5.41, 5.74) is 0.374. The van der Waals surface area contributed by atoms with Crippen LogP contribution in [0.5, 0.6) is 0 Å². The Morgan fingerprint density at radius 3 is 2.29 bits per heavy atom. The highest BCUT2D eigenvalue weighted by Crippen LogP contribution is 2.28. The third kappa shape index (κ3) is 2.96. The summed E-state index contributed by atoms with van der Waals surface area (Å²) in [6.07, 6.45) is 1.08. The van der Waals surface area contributed by atoms with Gasteiger partial charge in [-0.2, -0.15) is 4.31 Å². The summed E-state index contributed by atoms with van der Waals surface area (Å²) in [7, 11) is -0.162. The van der Waals surface area contributed by atoms with Crippen molar-refractivity contribution in [3.63, 3.8) is 0 Å². The number of carbonyl (C=O) groups is 1. The summed E-state index contributed by atoms with van der Waals surface area (Å²) in [6.45, 7) is 3.90. The Morgan fingerprint density at radius 2 is 1.86 bits per heavy atom. The van der Waals surface area contributed by atoms with E-state index >= 15 is 0 Å². The Labute approximate surface area is 124 Å². The normalized spacial score (nSPS) is 17.9. The van der Waals surface area contributed by atoms with Crippen LogP contribution in [0.2, 0.25) is 0 Å². The van der Waals surface area contributed by atoms with Crippen molar-refractivity contribution in [3.8, 4) is 0 Å². The molecule has 0 unspecified atom stereocenters. The molecule has 1 aliphatic rings. The topological polar surface area (TPSA) is 83.7 Å². The van der Waals surface area contributed by atoms with Gasteiger partial charge in [-0.1, -0.05) is 5.16 Å². The molecule has 2 rings (SSSR count). The summed E-state index contributed by atoms with van der Waals surface area (Å²) in [4.78, 5) is 13.6. The quantitative estimate of drug-likeness (QED) is 0.823. The first-order valence-electron chi connectivity index (χ1n) is 6.89. The van der Waals surface area contributed by atoms with Gasteiger partial charge in [0, 0.05) is 33.1 Å². The Hall–Kier alpha value is -1.41. The zero-order valence-electron chi connectivity index (χ0n) is 12.8. The van der Waals surface area contributed by atoms with E-state index in [4.69, 9.17) is 4.52 Å². The first-order valence-corrected chi connectivity index (χ1v) is 8.33. The van der Waals surface area contributed by atoms with Crippen molar-refractivity contribution < 1.29 is 17.7 Å². The largest absolute Gasteiger partial charge is 0.360 e. The number of nitrogens with zero attached hydrogens (tertiary/aromatic N) is 3. The number of aromatic nitrogens is 1. The second-order valence-electron chi connectivity index (χ2n) is 5.56. The van der Waals surface area contributed by atoms with E-state index in [9.17, 15) is 13.2 Å². The molecule has 1 aromatic rings. The fourth-order valence-corrected chi connectivity index (χ4v) is 4.44. The van der Waals surface area contributed by atoms with Gasteiger partial charge in [-0.3, -0.25) is 4.79 Å². The highest BCUT2D eigenvalue weighted by atomic mass is 32.2. The van der Waals surface area contributed by atoms with Gasteiger partial charge in [0.1, 0.15) is 10.6 Å². The number of amides is 1. The van der Waals surface area contributed by atoms with Crippen molar-refractivity contribution in [2.45, 2.75) is 31.6 Å². The van der Waals surface area contributed by atoms with Gasteiger partial charge in [0.25, 0.3) is 0 Å². The van der Waals surface area contributed by atoms with E-state index in [1.807, 2.05) is 0 Å². The van der Waals surface area contributed by atoms with E-state index in [1.165, 1.54) is 4.31 Å². The molecule has 0 aromatic carbocycles. The lowest BCUT2D eigenvalue weighted by Crippen LogP contribution is -2.42. The van der Waals surface area contributed by atoms with Crippen molar-refractivity contribution in [2.75, 3.05) is 27.2 Å². The number of carbonyl (C=O) groups excluding carboxylic acids is 1. The molecule has 0 spiro atoms. The minimum absolute atomic E-state index is 0.0596. The van der Waals surface area contributed by atoms with E-state index in [0.717, 1.165) is 0 Å². The maximum absolute atomic E-state index is 12.6. The van der Waals surface area contributed by atoms with Gasteiger partial charge >= 0.3 is 0 Å². The van der Waals surface area contributed by atoms with E-state index < -0.39 is 10.0 Å². The van der Waals surface area contributed by atoms with Crippen molar-refractivity contribution >= 4 is 15.9 Å². The third-order valence-electron chi connectivity index (χ3n) is 3.81. The molecule has 7 nitrogen and oxygen atoms in total. The van der Waals surface area contributed by atoms with Crippen molar-refractivity contribution in [3.05, 3.63) is 11.5 Å². The maximum atomic E-state index is 12.6. The van der Waals surface area contributed by atoms with Gasteiger partial charge in [-0.15, -0.1) is 0 Å². The lowest BCUT2D eigenvalue weighted by atomic mass is 9.97. The molecule has 1 fully saturated rings. The van der Waals surface area contributed by atoms with Crippen LogP contribution in [0.15, 0.2) is 9.42 Å². The number of hydrogen-bond acceptors (Lipinski definition) is 5. The van der Waals surface area contributed by atoms with E-state index in [1.54, 1.807) is 32.8 Å². The van der Waals surface area contributed by atoms with Crippen LogP contribution in [0, 0.1) is 19.8 Å². The van der Waals surface area contributed by atoms with Crippen molar-refractivity contribution in [1.29, 1.82) is 0 Å². The van der Waals surface area contributed by atoms with Crippen LogP contribution in [-0.2, 0) is 14.8 Å². The molecule has 0 radical (unpaired) electrons. The van der Waals surface area contributed by atoms with Crippen LogP contribution in [0.3, 0.4) is 0 Å². The number of hydrogen-bond donors (Lipinski definition) is 0. The average molecular weight is 315 g/mol. The third-order valence-corrected chi connectivity index (χ3v) is 5.95. The fraction of sp³-hybridized carbons (Fsp3) is 0.692. The average Bonchev–Trinajstić information content (AvgIpc) is 2.78. The molecule has 2 heterocycles. The Kier molecular flexibility index (Phi) is 4.38. The van der Waals surface area contributed by atoms with Crippen LogP contribution in [0.4, 0.5) is 0 Å². The molecule has 0 aliphatic carbocycles. The molecule has 0 bridgehead atoms. The highest BCUT2D eigenvalue weighted by Gasteiger charge is 2.35. The molecular formula is C13H21N3O4S. The standard InChI is InChI=1S/C13H21N3O4S/c1-9-12(10(2)20-14-9)21(18,19)16-7-5-11(6-8-16)13(17)15(3)4/h11H,5-8H2,1-4H3. The SMILES string of the molecule is Cc1noc(C)c1S(=O)(=O)N1CCC(C(=O)N(C)C)CC1. The number of rotatable bonds is 3. The minimum Gasteiger partial charge on any atom is -0.360 e. The summed E-state index contributed by atoms with van der Waals surface area (Å²) >= 11 is 0.